The largest absolute Gasteiger partial charge is 0.357 e. The summed E-state index contributed by atoms with van der Waals surface area (Å²) >= 11 is 0. The number of carbonyl (C=O) groups is 1. The van der Waals surface area contributed by atoms with E-state index in [9.17, 15) is 9.59 Å². The fourth-order valence-electron chi connectivity index (χ4n) is 2.14. The Bertz CT molecular complexity index is 745. The van der Waals surface area contributed by atoms with Gasteiger partial charge in [0.25, 0.3) is 11.5 Å². The van der Waals surface area contributed by atoms with Crippen molar-refractivity contribution in [3.8, 4) is 0 Å². The van der Waals surface area contributed by atoms with E-state index in [2.05, 4.69) is 10.3 Å². The van der Waals surface area contributed by atoms with Crippen LogP contribution in [0.15, 0.2) is 35.4 Å². The van der Waals surface area contributed by atoms with Crippen molar-refractivity contribution >= 4 is 16.8 Å². The van der Waals surface area contributed by atoms with E-state index in [0.717, 1.165) is 0 Å². The Morgan fingerprint density at radius 2 is 2.14 bits per heavy atom. The van der Waals surface area contributed by atoms with E-state index in [-0.39, 0.29) is 17.0 Å². The second kappa shape index (κ2) is 5.60. The van der Waals surface area contributed by atoms with E-state index in [4.69, 9.17) is 0 Å². The number of pyridine rings is 1. The number of aromatic amines is 1. The first-order chi connectivity index (χ1) is 9.83. The normalized spacial score (nSPS) is 12.2. The maximum atomic E-state index is 12.5. The van der Waals surface area contributed by atoms with Crippen LogP contribution in [-0.2, 0) is 6.54 Å². The van der Waals surface area contributed by atoms with Gasteiger partial charge in [-0.25, -0.2) is 0 Å². The zero-order valence-electron chi connectivity index (χ0n) is 12.9. The predicted octanol–water partition coefficient (Wildman–Crippen LogP) is 2.43. The van der Waals surface area contributed by atoms with Crippen molar-refractivity contribution in [3.05, 3.63) is 46.5 Å². The van der Waals surface area contributed by atoms with Crippen LogP contribution in [0.4, 0.5) is 0 Å². The number of nitrogens with zero attached hydrogens (tertiary/aromatic N) is 1. The molecular weight excluding hydrogens is 266 g/mol. The van der Waals surface area contributed by atoms with Crippen LogP contribution in [0.3, 0.4) is 0 Å². The predicted molar refractivity (Wildman–Crippen MR) is 84.6 cm³/mol. The van der Waals surface area contributed by atoms with Gasteiger partial charge in [0.2, 0.25) is 0 Å². The zero-order chi connectivity index (χ0) is 15.6. The van der Waals surface area contributed by atoms with E-state index in [1.807, 2.05) is 39.8 Å². The highest BCUT2D eigenvalue weighted by molar-refractivity contribution is 6.06. The highest BCUT2D eigenvalue weighted by Gasteiger charge is 2.19. The first-order valence-corrected chi connectivity index (χ1v) is 6.97. The third-order valence-corrected chi connectivity index (χ3v) is 3.07. The number of H-pyrrole nitrogens is 1. The topological polar surface area (TPSA) is 66.9 Å². The number of carbonyl (C=O) groups excluding carboxylic acids is 1. The first kappa shape index (κ1) is 15.1. The van der Waals surface area contributed by atoms with Gasteiger partial charge in [-0.2, -0.15) is 0 Å². The van der Waals surface area contributed by atoms with E-state index in [1.165, 1.54) is 4.57 Å². The third kappa shape index (κ3) is 3.24. The molecule has 2 aromatic heterocycles. The molecule has 2 rings (SSSR count). The Morgan fingerprint density at radius 1 is 1.43 bits per heavy atom. The summed E-state index contributed by atoms with van der Waals surface area (Å²) in [5.74, 6) is -0.179. The molecule has 5 nitrogen and oxygen atoms in total. The molecule has 0 bridgehead atoms. The quantitative estimate of drug-likeness (QED) is 0.851. The van der Waals surface area contributed by atoms with Crippen molar-refractivity contribution in [2.75, 3.05) is 0 Å². The van der Waals surface area contributed by atoms with Crippen molar-refractivity contribution in [2.45, 2.75) is 39.8 Å². The van der Waals surface area contributed by atoms with E-state index in [1.54, 1.807) is 18.5 Å². The molecule has 0 aliphatic heterocycles. The van der Waals surface area contributed by atoms with Crippen molar-refractivity contribution < 1.29 is 4.79 Å². The lowest BCUT2D eigenvalue weighted by molar-refractivity contribution is 0.0920. The van der Waals surface area contributed by atoms with Crippen LogP contribution >= 0.6 is 0 Å². The van der Waals surface area contributed by atoms with Gasteiger partial charge in [0, 0.05) is 29.9 Å². The van der Waals surface area contributed by atoms with Crippen LogP contribution in [0.25, 0.3) is 10.9 Å². The van der Waals surface area contributed by atoms with Crippen LogP contribution in [0, 0.1) is 0 Å². The maximum absolute atomic E-state index is 12.5. The maximum Gasteiger partial charge on any atom is 0.275 e. The Balaban J connectivity index is 2.57. The summed E-state index contributed by atoms with van der Waals surface area (Å²) in [6, 6.07) is 1.76. The summed E-state index contributed by atoms with van der Waals surface area (Å²) in [5.41, 5.74) is 0.510. The van der Waals surface area contributed by atoms with Crippen molar-refractivity contribution in [3.63, 3.8) is 0 Å². The molecule has 0 spiro atoms. The molecule has 0 saturated heterocycles. The number of nitrogens with one attached hydrogen (secondary N) is 2. The standard InChI is InChI=1S/C16H21N3O2/c1-5-6-9-19-10-12(14(20)18-16(2,3)4)11-7-8-17-13(11)15(19)21/h5-8,10,17H,9H2,1-4H3,(H,18,20). The van der Waals surface area contributed by atoms with Crippen molar-refractivity contribution in [2.24, 2.45) is 0 Å². The van der Waals surface area contributed by atoms with Gasteiger partial charge in [-0.3, -0.25) is 9.59 Å². The molecule has 0 aliphatic carbocycles. The molecule has 0 saturated carbocycles. The lowest BCUT2D eigenvalue weighted by Gasteiger charge is -2.21. The average molecular weight is 287 g/mol. The second-order valence-corrected chi connectivity index (χ2v) is 6.04. The van der Waals surface area contributed by atoms with Gasteiger partial charge in [0.05, 0.1) is 5.56 Å². The number of amides is 1. The Kier molecular flexibility index (Phi) is 4.02. The van der Waals surface area contributed by atoms with Crippen LogP contribution in [0.2, 0.25) is 0 Å². The van der Waals surface area contributed by atoms with E-state index in [0.29, 0.717) is 23.0 Å². The number of fused-ring (bicyclic) bond motifs is 1. The number of rotatable bonds is 3. The molecule has 112 valence electrons. The van der Waals surface area contributed by atoms with Crippen molar-refractivity contribution in [1.29, 1.82) is 0 Å². The molecule has 2 aromatic rings. The zero-order valence-corrected chi connectivity index (χ0v) is 12.9. The third-order valence-electron chi connectivity index (χ3n) is 3.07. The fraction of sp³-hybridized carbons (Fsp3) is 0.375. The van der Waals surface area contributed by atoms with Gasteiger partial charge in [-0.1, -0.05) is 12.2 Å². The van der Waals surface area contributed by atoms with Gasteiger partial charge in [0.15, 0.2) is 0 Å². The first-order valence-electron chi connectivity index (χ1n) is 6.97. The number of aromatic nitrogens is 2. The second-order valence-electron chi connectivity index (χ2n) is 6.04. The minimum absolute atomic E-state index is 0.125. The lowest BCUT2D eigenvalue weighted by Crippen LogP contribution is -2.41. The summed E-state index contributed by atoms with van der Waals surface area (Å²) < 4.78 is 1.54. The van der Waals surface area contributed by atoms with Gasteiger partial charge < -0.3 is 14.9 Å². The van der Waals surface area contributed by atoms with Gasteiger partial charge in [-0.05, 0) is 33.8 Å². The number of hydrogen-bond acceptors (Lipinski definition) is 2. The molecule has 0 atom stereocenters. The molecule has 0 radical (unpaired) electrons. The molecule has 0 unspecified atom stereocenters. The molecule has 21 heavy (non-hydrogen) atoms. The summed E-state index contributed by atoms with van der Waals surface area (Å²) in [7, 11) is 0. The smallest absolute Gasteiger partial charge is 0.275 e. The summed E-state index contributed by atoms with van der Waals surface area (Å²) in [6.07, 6.45) is 7.06. The number of allylic oxidation sites excluding steroid dienone is 2. The summed E-state index contributed by atoms with van der Waals surface area (Å²) in [6.45, 7) is 8.12. The van der Waals surface area contributed by atoms with Crippen LogP contribution < -0.4 is 10.9 Å². The average Bonchev–Trinajstić information content (AvgIpc) is 2.85. The Labute approximate surface area is 123 Å². The molecule has 1 amide bonds. The molecule has 2 heterocycles. The van der Waals surface area contributed by atoms with Crippen LogP contribution in [0.1, 0.15) is 38.1 Å². The van der Waals surface area contributed by atoms with Crippen LogP contribution in [-0.4, -0.2) is 21.0 Å². The van der Waals surface area contributed by atoms with Gasteiger partial charge in [0.1, 0.15) is 5.52 Å². The molecule has 2 N–H and O–H groups in total. The molecule has 0 aromatic carbocycles. The minimum atomic E-state index is -0.329. The highest BCUT2D eigenvalue weighted by atomic mass is 16.2. The summed E-state index contributed by atoms with van der Waals surface area (Å²) in [5, 5.41) is 3.59. The van der Waals surface area contributed by atoms with Gasteiger partial charge >= 0.3 is 0 Å². The SMILES string of the molecule is CC=CCn1cc(C(=O)NC(C)(C)C)c2cc[nH]c2c1=O. The van der Waals surface area contributed by atoms with Crippen molar-refractivity contribution in [1.82, 2.24) is 14.9 Å². The Morgan fingerprint density at radius 3 is 2.76 bits per heavy atom. The molecule has 5 heteroatoms. The monoisotopic (exact) mass is 287 g/mol. The van der Waals surface area contributed by atoms with Gasteiger partial charge in [-0.15, -0.1) is 0 Å². The molecule has 0 aliphatic rings. The van der Waals surface area contributed by atoms with E-state index < -0.39 is 0 Å². The highest BCUT2D eigenvalue weighted by Crippen LogP contribution is 2.15. The van der Waals surface area contributed by atoms with Crippen LogP contribution in [0.5, 0.6) is 0 Å². The minimum Gasteiger partial charge on any atom is -0.357 e. The number of hydrogen-bond donors (Lipinski definition) is 2. The van der Waals surface area contributed by atoms with E-state index >= 15 is 0 Å². The molecule has 0 fully saturated rings. The fourth-order valence-corrected chi connectivity index (χ4v) is 2.14. The summed E-state index contributed by atoms with van der Waals surface area (Å²) in [4.78, 5) is 27.7. The molecular formula is C16H21N3O2. The Hall–Kier alpha value is -2.30. The lowest BCUT2D eigenvalue weighted by atomic mass is 10.1.